The molecule has 0 unspecified atom stereocenters. The number of nitrogens with zero attached hydrogens (tertiary/aromatic N) is 3. The number of ether oxygens (including phenoxy) is 1. The van der Waals surface area contributed by atoms with E-state index in [0.717, 1.165) is 17.0 Å². The molecule has 0 radical (unpaired) electrons. The lowest BCUT2D eigenvalue weighted by Gasteiger charge is -2.11. The van der Waals surface area contributed by atoms with Crippen LogP contribution in [0.5, 0.6) is 5.75 Å². The summed E-state index contributed by atoms with van der Waals surface area (Å²) in [6.07, 6.45) is 1.73. The first-order valence-corrected chi connectivity index (χ1v) is 9.95. The van der Waals surface area contributed by atoms with E-state index in [1.54, 1.807) is 31.3 Å². The summed E-state index contributed by atoms with van der Waals surface area (Å²) in [6.45, 7) is 2.40. The molecule has 0 aliphatic carbocycles. The van der Waals surface area contributed by atoms with Gasteiger partial charge in [-0.3, -0.25) is 19.1 Å². The zero-order valence-corrected chi connectivity index (χ0v) is 17.1. The largest absolute Gasteiger partial charge is 0.487 e. The van der Waals surface area contributed by atoms with Gasteiger partial charge in [0.2, 0.25) is 5.91 Å². The first-order valence-electron chi connectivity index (χ1n) is 9.95. The third-order valence-corrected chi connectivity index (χ3v) is 4.88. The number of hydrogen-bond donors (Lipinski definition) is 1. The van der Waals surface area contributed by atoms with E-state index < -0.39 is 0 Å². The van der Waals surface area contributed by atoms with Crippen LogP contribution in [0.2, 0.25) is 0 Å². The van der Waals surface area contributed by atoms with Crippen LogP contribution in [0.3, 0.4) is 0 Å². The maximum atomic E-state index is 12.7. The SMILES string of the molecule is Cc1nc2ccccc2c(=O)n1CC(=O)NCc1ccc(OCc2ccccn2)cc1. The normalized spacial score (nSPS) is 10.7. The Bertz CT molecular complexity index is 1250. The van der Waals surface area contributed by atoms with Crippen LogP contribution in [0.15, 0.2) is 77.7 Å². The van der Waals surface area contributed by atoms with Crippen molar-refractivity contribution >= 4 is 16.8 Å². The van der Waals surface area contributed by atoms with Crippen molar-refractivity contribution in [2.45, 2.75) is 26.6 Å². The number of nitrogens with one attached hydrogen (secondary N) is 1. The highest BCUT2D eigenvalue weighted by molar-refractivity contribution is 5.79. The van der Waals surface area contributed by atoms with Crippen LogP contribution in [0, 0.1) is 6.92 Å². The average molecular weight is 414 g/mol. The van der Waals surface area contributed by atoms with Gasteiger partial charge >= 0.3 is 0 Å². The number of pyridine rings is 1. The van der Waals surface area contributed by atoms with E-state index in [9.17, 15) is 9.59 Å². The summed E-state index contributed by atoms with van der Waals surface area (Å²) in [5, 5.41) is 3.35. The molecule has 2 aromatic heterocycles. The molecule has 0 spiro atoms. The molecule has 2 heterocycles. The predicted octanol–water partition coefficient (Wildman–Crippen LogP) is 3.00. The molecule has 2 aromatic carbocycles. The smallest absolute Gasteiger partial charge is 0.261 e. The summed E-state index contributed by atoms with van der Waals surface area (Å²) in [5.41, 5.74) is 2.20. The molecular formula is C24H22N4O3. The van der Waals surface area contributed by atoms with Gasteiger partial charge in [0.15, 0.2) is 0 Å². The van der Waals surface area contributed by atoms with Crippen LogP contribution in [-0.4, -0.2) is 20.4 Å². The van der Waals surface area contributed by atoms with Crippen molar-refractivity contribution in [2.24, 2.45) is 0 Å². The molecular weight excluding hydrogens is 392 g/mol. The Hall–Kier alpha value is -4.00. The molecule has 0 bridgehead atoms. The maximum absolute atomic E-state index is 12.7. The van der Waals surface area contributed by atoms with Gasteiger partial charge in [0, 0.05) is 12.7 Å². The Kier molecular flexibility index (Phi) is 6.03. The van der Waals surface area contributed by atoms with E-state index >= 15 is 0 Å². The van der Waals surface area contributed by atoms with Crippen LogP contribution in [0.1, 0.15) is 17.1 Å². The lowest BCUT2D eigenvalue weighted by molar-refractivity contribution is -0.121. The van der Waals surface area contributed by atoms with E-state index in [4.69, 9.17) is 4.74 Å². The molecule has 4 aromatic rings. The van der Waals surface area contributed by atoms with Crippen molar-refractivity contribution in [3.8, 4) is 5.75 Å². The molecule has 1 amide bonds. The molecule has 0 atom stereocenters. The van der Waals surface area contributed by atoms with Gasteiger partial charge in [-0.15, -0.1) is 0 Å². The molecule has 7 heteroatoms. The van der Waals surface area contributed by atoms with Gasteiger partial charge in [-0.25, -0.2) is 4.98 Å². The van der Waals surface area contributed by atoms with Crippen molar-refractivity contribution < 1.29 is 9.53 Å². The molecule has 0 saturated heterocycles. The number of fused-ring (bicyclic) bond motifs is 1. The van der Waals surface area contributed by atoms with Crippen molar-refractivity contribution in [3.05, 3.63) is 100 Å². The highest BCUT2D eigenvalue weighted by Gasteiger charge is 2.11. The Morgan fingerprint density at radius 3 is 2.58 bits per heavy atom. The summed E-state index contributed by atoms with van der Waals surface area (Å²) in [4.78, 5) is 33.8. The van der Waals surface area contributed by atoms with Crippen molar-refractivity contribution in [3.63, 3.8) is 0 Å². The van der Waals surface area contributed by atoms with Crippen LogP contribution in [-0.2, 0) is 24.5 Å². The molecule has 7 nitrogen and oxygen atoms in total. The second-order valence-electron chi connectivity index (χ2n) is 7.10. The summed E-state index contributed by atoms with van der Waals surface area (Å²) in [7, 11) is 0. The minimum Gasteiger partial charge on any atom is -0.487 e. The number of carbonyl (C=O) groups excluding carboxylic acids is 1. The second-order valence-corrected chi connectivity index (χ2v) is 7.10. The number of para-hydroxylation sites is 1. The highest BCUT2D eigenvalue weighted by Crippen LogP contribution is 2.14. The minimum absolute atomic E-state index is 0.0756. The third-order valence-electron chi connectivity index (χ3n) is 4.88. The van der Waals surface area contributed by atoms with E-state index in [2.05, 4.69) is 15.3 Å². The highest BCUT2D eigenvalue weighted by atomic mass is 16.5. The molecule has 4 rings (SSSR count). The van der Waals surface area contributed by atoms with Gasteiger partial charge < -0.3 is 10.1 Å². The minimum atomic E-state index is -0.252. The molecule has 0 aliphatic heterocycles. The Balaban J connectivity index is 1.34. The monoisotopic (exact) mass is 414 g/mol. The van der Waals surface area contributed by atoms with Crippen LogP contribution in [0.25, 0.3) is 10.9 Å². The number of hydrogen-bond acceptors (Lipinski definition) is 5. The molecule has 156 valence electrons. The van der Waals surface area contributed by atoms with Gasteiger partial charge in [-0.05, 0) is 48.9 Å². The lowest BCUT2D eigenvalue weighted by Crippen LogP contribution is -2.33. The standard InChI is InChI=1S/C24H22N4O3/c1-17-27-22-8-3-2-7-21(22)24(30)28(17)15-23(29)26-14-18-9-11-20(12-10-18)31-16-19-6-4-5-13-25-19/h2-13H,14-16H2,1H3,(H,26,29). The molecule has 31 heavy (non-hydrogen) atoms. The fraction of sp³-hybridized carbons (Fsp3) is 0.167. The fourth-order valence-corrected chi connectivity index (χ4v) is 3.21. The van der Waals surface area contributed by atoms with Gasteiger partial charge in [0.1, 0.15) is 24.7 Å². The topological polar surface area (TPSA) is 86.1 Å². The second kappa shape index (κ2) is 9.21. The number of aryl methyl sites for hydroxylation is 1. The van der Waals surface area contributed by atoms with Gasteiger partial charge in [0.25, 0.3) is 5.56 Å². The van der Waals surface area contributed by atoms with Crippen molar-refractivity contribution in [2.75, 3.05) is 0 Å². The van der Waals surface area contributed by atoms with E-state index in [-0.39, 0.29) is 18.0 Å². The zero-order chi connectivity index (χ0) is 21.6. The van der Waals surface area contributed by atoms with Crippen LogP contribution in [0.4, 0.5) is 0 Å². The summed E-state index contributed by atoms with van der Waals surface area (Å²) >= 11 is 0. The summed E-state index contributed by atoms with van der Waals surface area (Å²) < 4.78 is 7.11. The lowest BCUT2D eigenvalue weighted by atomic mass is 10.2. The Morgan fingerprint density at radius 2 is 1.81 bits per heavy atom. The summed E-state index contributed by atoms with van der Waals surface area (Å²) in [6, 6.07) is 20.3. The van der Waals surface area contributed by atoms with Gasteiger partial charge in [-0.2, -0.15) is 0 Å². The number of carbonyl (C=O) groups is 1. The van der Waals surface area contributed by atoms with E-state index in [0.29, 0.717) is 29.9 Å². The number of aromatic nitrogens is 3. The zero-order valence-electron chi connectivity index (χ0n) is 17.1. The maximum Gasteiger partial charge on any atom is 0.261 e. The van der Waals surface area contributed by atoms with Gasteiger partial charge in [0.05, 0.1) is 16.6 Å². The number of benzene rings is 2. The molecule has 0 saturated carbocycles. The van der Waals surface area contributed by atoms with Crippen molar-refractivity contribution in [1.82, 2.24) is 19.9 Å². The van der Waals surface area contributed by atoms with Gasteiger partial charge in [-0.1, -0.05) is 30.3 Å². The summed E-state index contributed by atoms with van der Waals surface area (Å²) in [5.74, 6) is 0.983. The quantitative estimate of drug-likeness (QED) is 0.502. The van der Waals surface area contributed by atoms with Crippen LogP contribution >= 0.6 is 0 Å². The Labute approximate surface area is 179 Å². The molecule has 0 fully saturated rings. The number of rotatable bonds is 7. The molecule has 0 aliphatic rings. The van der Waals surface area contributed by atoms with Crippen molar-refractivity contribution in [1.29, 1.82) is 0 Å². The Morgan fingerprint density at radius 1 is 1.03 bits per heavy atom. The first-order chi connectivity index (χ1) is 15.1. The molecule has 1 N–H and O–H groups in total. The van der Waals surface area contributed by atoms with E-state index in [1.807, 2.05) is 48.5 Å². The number of amides is 1. The third kappa shape index (κ3) is 4.95. The fourth-order valence-electron chi connectivity index (χ4n) is 3.21. The van der Waals surface area contributed by atoms with Crippen LogP contribution < -0.4 is 15.6 Å². The van der Waals surface area contributed by atoms with E-state index in [1.165, 1.54) is 4.57 Å². The average Bonchev–Trinajstić information content (AvgIpc) is 2.80. The predicted molar refractivity (Wildman–Crippen MR) is 118 cm³/mol. The first kappa shape index (κ1) is 20.3.